The van der Waals surface area contributed by atoms with Crippen LogP contribution in [-0.2, 0) is 6.54 Å². The van der Waals surface area contributed by atoms with Gasteiger partial charge in [0, 0.05) is 16.5 Å². The van der Waals surface area contributed by atoms with E-state index in [9.17, 15) is 9.18 Å². The Morgan fingerprint density at radius 1 is 1.00 bits per heavy atom. The first-order valence-corrected chi connectivity index (χ1v) is 10.1. The summed E-state index contributed by atoms with van der Waals surface area (Å²) >= 11 is 1.46. The molecule has 0 spiro atoms. The molecule has 5 heteroatoms. The van der Waals surface area contributed by atoms with E-state index < -0.39 is 6.67 Å². The molecule has 142 valence electrons. The van der Waals surface area contributed by atoms with Crippen molar-refractivity contribution in [2.75, 3.05) is 6.67 Å². The topological polar surface area (TPSA) is 34.9 Å². The summed E-state index contributed by atoms with van der Waals surface area (Å²) < 4.78 is 14.8. The van der Waals surface area contributed by atoms with E-state index in [4.69, 9.17) is 4.98 Å². The van der Waals surface area contributed by atoms with Crippen molar-refractivity contribution in [3.05, 3.63) is 74.9 Å². The number of hydrogen-bond acceptors (Lipinski definition) is 3. The van der Waals surface area contributed by atoms with Gasteiger partial charge in [0.25, 0.3) is 5.56 Å². The molecule has 2 heterocycles. The molecular formula is C23H21FN2OS. The maximum absolute atomic E-state index is 13.4. The van der Waals surface area contributed by atoms with Crippen LogP contribution in [0.15, 0.2) is 52.6 Å². The average Bonchev–Trinajstić information content (AvgIpc) is 3.09. The van der Waals surface area contributed by atoms with Gasteiger partial charge in [-0.25, -0.2) is 9.37 Å². The highest BCUT2D eigenvalue weighted by molar-refractivity contribution is 7.17. The third-order valence-corrected chi connectivity index (χ3v) is 5.86. The van der Waals surface area contributed by atoms with Gasteiger partial charge in [0.05, 0.1) is 11.9 Å². The Labute approximate surface area is 167 Å². The van der Waals surface area contributed by atoms with Crippen molar-refractivity contribution in [3.63, 3.8) is 0 Å². The largest absolute Gasteiger partial charge is 0.289 e. The molecule has 2 aromatic carbocycles. The van der Waals surface area contributed by atoms with Crippen LogP contribution in [0.25, 0.3) is 32.7 Å². The molecule has 0 unspecified atom stereocenters. The molecule has 0 N–H and O–H groups in total. The quantitative estimate of drug-likeness (QED) is 0.447. The van der Waals surface area contributed by atoms with Crippen LogP contribution in [0.4, 0.5) is 4.39 Å². The zero-order valence-corrected chi connectivity index (χ0v) is 16.9. The van der Waals surface area contributed by atoms with Crippen LogP contribution in [0, 0.1) is 20.8 Å². The van der Waals surface area contributed by atoms with E-state index in [1.807, 2.05) is 62.5 Å². The predicted molar refractivity (Wildman–Crippen MR) is 115 cm³/mol. The van der Waals surface area contributed by atoms with Crippen molar-refractivity contribution in [2.45, 2.75) is 27.3 Å². The molecule has 0 saturated heterocycles. The fourth-order valence-corrected chi connectivity index (χ4v) is 4.48. The van der Waals surface area contributed by atoms with Gasteiger partial charge in [0.2, 0.25) is 0 Å². The highest BCUT2D eigenvalue weighted by Crippen LogP contribution is 2.34. The van der Waals surface area contributed by atoms with E-state index in [-0.39, 0.29) is 12.1 Å². The zero-order chi connectivity index (χ0) is 19.8. The Balaban J connectivity index is 1.99. The highest BCUT2D eigenvalue weighted by Gasteiger charge is 2.18. The predicted octanol–water partition coefficient (Wildman–Crippen LogP) is 5.69. The number of benzene rings is 2. The molecule has 0 bridgehead atoms. The molecule has 4 aromatic rings. The summed E-state index contributed by atoms with van der Waals surface area (Å²) in [6.45, 7) is 5.47. The molecule has 3 nitrogen and oxygen atoms in total. The molecule has 2 aromatic heterocycles. The minimum absolute atomic E-state index is 0.00680. The third-order valence-electron chi connectivity index (χ3n) is 4.98. The molecule has 0 radical (unpaired) electrons. The summed E-state index contributed by atoms with van der Waals surface area (Å²) in [5.41, 5.74) is 5.93. The summed E-state index contributed by atoms with van der Waals surface area (Å²) in [7, 11) is 0. The van der Waals surface area contributed by atoms with Gasteiger partial charge in [-0.2, -0.15) is 0 Å². The van der Waals surface area contributed by atoms with E-state index in [0.717, 1.165) is 27.8 Å². The number of nitrogens with zero attached hydrogens (tertiary/aromatic N) is 2. The summed E-state index contributed by atoms with van der Waals surface area (Å²) in [6.07, 6.45) is 0. The minimum atomic E-state index is -0.616. The summed E-state index contributed by atoms with van der Waals surface area (Å²) in [6, 6.07) is 14.0. The molecule has 0 aliphatic heterocycles. The van der Waals surface area contributed by atoms with Crippen molar-refractivity contribution >= 4 is 21.6 Å². The Bertz CT molecular complexity index is 1220. The molecule has 0 fully saturated rings. The standard InChI is InChI=1S/C23H21FN2OS/c1-14-4-7-17(8-5-14)21-25-22-20(23(27)26(21)11-10-24)19(13-28-22)18-9-6-15(2)12-16(18)3/h4-9,12-13H,10-11H2,1-3H3. The second-order valence-corrected chi connectivity index (χ2v) is 7.95. The first-order chi connectivity index (χ1) is 13.5. The monoisotopic (exact) mass is 392 g/mol. The molecule has 28 heavy (non-hydrogen) atoms. The van der Waals surface area contributed by atoms with Gasteiger partial charge in [-0.3, -0.25) is 9.36 Å². The Morgan fingerprint density at radius 2 is 1.71 bits per heavy atom. The number of aryl methyl sites for hydroxylation is 3. The Hall–Kier alpha value is -2.79. The molecular weight excluding hydrogens is 371 g/mol. The molecule has 0 saturated carbocycles. The number of hydrogen-bond donors (Lipinski definition) is 0. The number of thiophene rings is 1. The summed E-state index contributed by atoms with van der Waals surface area (Å²) in [5, 5.41) is 2.55. The molecule has 0 aliphatic carbocycles. The van der Waals surface area contributed by atoms with Gasteiger partial charge in [0.15, 0.2) is 0 Å². The number of halogens is 1. The van der Waals surface area contributed by atoms with E-state index >= 15 is 0 Å². The van der Waals surface area contributed by atoms with Gasteiger partial charge in [-0.15, -0.1) is 11.3 Å². The van der Waals surface area contributed by atoms with Crippen LogP contribution in [0.2, 0.25) is 0 Å². The van der Waals surface area contributed by atoms with E-state index in [2.05, 4.69) is 6.07 Å². The van der Waals surface area contributed by atoms with Crippen molar-refractivity contribution in [3.8, 4) is 22.5 Å². The first kappa shape index (κ1) is 18.6. The third kappa shape index (κ3) is 3.16. The molecule has 0 amide bonds. The number of rotatable bonds is 4. The highest BCUT2D eigenvalue weighted by atomic mass is 32.1. The van der Waals surface area contributed by atoms with Crippen LogP contribution >= 0.6 is 11.3 Å². The number of alkyl halides is 1. The maximum atomic E-state index is 13.4. The van der Waals surface area contributed by atoms with E-state index in [1.54, 1.807) is 0 Å². The van der Waals surface area contributed by atoms with E-state index in [1.165, 1.54) is 21.5 Å². The van der Waals surface area contributed by atoms with Crippen LogP contribution in [0.5, 0.6) is 0 Å². The first-order valence-electron chi connectivity index (χ1n) is 9.22. The molecule has 4 rings (SSSR count). The van der Waals surface area contributed by atoms with Gasteiger partial charge < -0.3 is 0 Å². The van der Waals surface area contributed by atoms with Crippen molar-refractivity contribution in [1.29, 1.82) is 0 Å². The van der Waals surface area contributed by atoms with Crippen LogP contribution in [0.1, 0.15) is 16.7 Å². The second kappa shape index (κ2) is 7.32. The fourth-order valence-electron chi connectivity index (χ4n) is 3.55. The number of fused-ring (bicyclic) bond motifs is 1. The van der Waals surface area contributed by atoms with Crippen molar-refractivity contribution < 1.29 is 4.39 Å². The Kier molecular flexibility index (Phi) is 4.85. The van der Waals surface area contributed by atoms with Crippen molar-refractivity contribution in [1.82, 2.24) is 9.55 Å². The zero-order valence-electron chi connectivity index (χ0n) is 16.1. The van der Waals surface area contributed by atoms with Crippen LogP contribution in [0.3, 0.4) is 0 Å². The lowest BCUT2D eigenvalue weighted by molar-refractivity contribution is 0.441. The molecule has 0 aliphatic rings. The van der Waals surface area contributed by atoms with Crippen LogP contribution < -0.4 is 5.56 Å². The van der Waals surface area contributed by atoms with E-state index in [0.29, 0.717) is 16.0 Å². The lowest BCUT2D eigenvalue weighted by atomic mass is 9.99. The van der Waals surface area contributed by atoms with Gasteiger partial charge >= 0.3 is 0 Å². The smallest absolute Gasteiger partial charge is 0.263 e. The minimum Gasteiger partial charge on any atom is -0.289 e. The van der Waals surface area contributed by atoms with Gasteiger partial charge in [0.1, 0.15) is 17.3 Å². The fraction of sp³-hybridized carbons (Fsp3) is 0.217. The SMILES string of the molecule is Cc1ccc(-c2nc3scc(-c4ccc(C)cc4C)c3c(=O)n2CCF)cc1. The average molecular weight is 392 g/mol. The second-order valence-electron chi connectivity index (χ2n) is 7.10. The maximum Gasteiger partial charge on any atom is 0.263 e. The van der Waals surface area contributed by atoms with Gasteiger partial charge in [-0.05, 0) is 31.9 Å². The lowest BCUT2D eigenvalue weighted by Crippen LogP contribution is -2.24. The lowest BCUT2D eigenvalue weighted by Gasteiger charge is -2.12. The molecule has 0 atom stereocenters. The number of aromatic nitrogens is 2. The van der Waals surface area contributed by atoms with Crippen molar-refractivity contribution in [2.24, 2.45) is 0 Å². The summed E-state index contributed by atoms with van der Waals surface area (Å²) in [5.74, 6) is 0.518. The van der Waals surface area contributed by atoms with Crippen LogP contribution in [-0.4, -0.2) is 16.2 Å². The normalized spacial score (nSPS) is 11.3. The Morgan fingerprint density at radius 3 is 2.39 bits per heavy atom. The summed E-state index contributed by atoms with van der Waals surface area (Å²) in [4.78, 5) is 18.8. The van der Waals surface area contributed by atoms with Gasteiger partial charge in [-0.1, -0.05) is 53.6 Å².